The van der Waals surface area contributed by atoms with Crippen LogP contribution in [-0.4, -0.2) is 34.6 Å². The maximum absolute atomic E-state index is 11.2. The highest BCUT2D eigenvalue weighted by molar-refractivity contribution is 6.30. The molecule has 34 heavy (non-hydrogen) atoms. The average molecular weight is 477 g/mol. The molecule has 0 radical (unpaired) electrons. The summed E-state index contributed by atoms with van der Waals surface area (Å²) in [6.45, 7) is 5.52. The molecule has 1 aromatic heterocycles. The summed E-state index contributed by atoms with van der Waals surface area (Å²) < 4.78 is 6.17. The van der Waals surface area contributed by atoms with Crippen molar-refractivity contribution in [3.8, 4) is 0 Å². The number of likely N-dealkylation sites (tertiary alicyclic amines) is 1. The van der Waals surface area contributed by atoms with Crippen LogP contribution in [0.25, 0.3) is 5.57 Å². The Balaban J connectivity index is 1.29. The summed E-state index contributed by atoms with van der Waals surface area (Å²) in [4.78, 5) is 7.07. The van der Waals surface area contributed by atoms with Crippen molar-refractivity contribution in [1.29, 1.82) is 0 Å². The minimum absolute atomic E-state index is 0.517. The number of aromatic nitrogens is 1. The molecule has 1 fully saturated rings. The zero-order chi connectivity index (χ0) is 23.5. The van der Waals surface area contributed by atoms with Crippen LogP contribution in [0.4, 0.5) is 0 Å². The second kappa shape index (κ2) is 10.1. The lowest BCUT2D eigenvalue weighted by Gasteiger charge is -2.38. The number of hydrogen-bond acceptors (Lipinski definition) is 4. The number of rotatable bonds is 5. The third-order valence-electron chi connectivity index (χ3n) is 7.54. The zero-order valence-electron chi connectivity index (χ0n) is 19.8. The SMILES string of the molecule is CCC1C=CC2=C(C1)/C(=C/CCN1CCC(O)(c3ccc(Cl)cc3)CC1)c1cccnc1CO2. The molecular formula is C29H33ClN2O2. The predicted molar refractivity (Wildman–Crippen MR) is 137 cm³/mol. The summed E-state index contributed by atoms with van der Waals surface area (Å²) in [7, 11) is 0. The molecule has 1 aromatic carbocycles. The van der Waals surface area contributed by atoms with E-state index < -0.39 is 5.60 Å². The molecule has 0 spiro atoms. The van der Waals surface area contributed by atoms with Gasteiger partial charge in [-0.2, -0.15) is 0 Å². The van der Waals surface area contributed by atoms with Crippen molar-refractivity contribution in [3.63, 3.8) is 0 Å². The van der Waals surface area contributed by atoms with E-state index in [2.05, 4.69) is 41.1 Å². The van der Waals surface area contributed by atoms with E-state index in [1.807, 2.05) is 36.5 Å². The van der Waals surface area contributed by atoms with Gasteiger partial charge in [0.1, 0.15) is 12.4 Å². The van der Waals surface area contributed by atoms with E-state index in [0.717, 1.165) is 68.8 Å². The minimum atomic E-state index is -0.758. The monoisotopic (exact) mass is 476 g/mol. The molecule has 2 aromatic rings. The largest absolute Gasteiger partial charge is 0.487 e. The van der Waals surface area contributed by atoms with E-state index in [-0.39, 0.29) is 0 Å². The lowest BCUT2D eigenvalue weighted by atomic mass is 9.84. The molecule has 4 nitrogen and oxygen atoms in total. The van der Waals surface area contributed by atoms with Crippen LogP contribution in [0.2, 0.25) is 5.02 Å². The molecule has 3 heterocycles. The van der Waals surface area contributed by atoms with Gasteiger partial charge in [0, 0.05) is 42.0 Å². The van der Waals surface area contributed by atoms with Gasteiger partial charge in [-0.1, -0.05) is 48.9 Å². The van der Waals surface area contributed by atoms with Gasteiger partial charge in [-0.15, -0.1) is 0 Å². The molecule has 1 atom stereocenters. The number of allylic oxidation sites excluding steroid dienone is 4. The maximum atomic E-state index is 11.2. The number of nitrogens with zero attached hydrogens (tertiary/aromatic N) is 2. The second-order valence-corrected chi connectivity index (χ2v) is 10.1. The normalized spacial score (nSPS) is 23.3. The van der Waals surface area contributed by atoms with Gasteiger partial charge < -0.3 is 14.7 Å². The van der Waals surface area contributed by atoms with Crippen molar-refractivity contribution in [2.75, 3.05) is 19.6 Å². The third kappa shape index (κ3) is 4.86. The Morgan fingerprint density at radius 2 is 2.00 bits per heavy atom. The fourth-order valence-corrected chi connectivity index (χ4v) is 5.47. The molecule has 0 saturated carbocycles. The zero-order valence-corrected chi connectivity index (χ0v) is 20.6. The van der Waals surface area contributed by atoms with Gasteiger partial charge in [-0.3, -0.25) is 4.98 Å². The Morgan fingerprint density at radius 3 is 2.76 bits per heavy atom. The van der Waals surface area contributed by atoms with Crippen LogP contribution >= 0.6 is 11.6 Å². The first kappa shape index (κ1) is 23.3. The van der Waals surface area contributed by atoms with Gasteiger partial charge in [-0.05, 0) is 73.4 Å². The molecule has 2 aliphatic heterocycles. The Kier molecular flexibility index (Phi) is 6.91. The number of hydrogen-bond donors (Lipinski definition) is 1. The molecule has 1 saturated heterocycles. The number of benzene rings is 1. The molecule has 178 valence electrons. The van der Waals surface area contributed by atoms with Crippen LogP contribution in [0.1, 0.15) is 55.8 Å². The summed E-state index contributed by atoms with van der Waals surface area (Å²) in [6, 6.07) is 11.8. The highest BCUT2D eigenvalue weighted by atomic mass is 35.5. The van der Waals surface area contributed by atoms with Crippen LogP contribution < -0.4 is 0 Å². The van der Waals surface area contributed by atoms with E-state index >= 15 is 0 Å². The Morgan fingerprint density at radius 1 is 1.21 bits per heavy atom. The first-order valence-electron chi connectivity index (χ1n) is 12.5. The van der Waals surface area contributed by atoms with Crippen molar-refractivity contribution in [1.82, 2.24) is 9.88 Å². The fraction of sp³-hybridized carbons (Fsp3) is 0.414. The number of piperidine rings is 1. The topological polar surface area (TPSA) is 45.6 Å². The van der Waals surface area contributed by atoms with Crippen molar-refractivity contribution in [2.24, 2.45) is 5.92 Å². The molecule has 1 N–H and O–H groups in total. The van der Waals surface area contributed by atoms with Crippen molar-refractivity contribution in [2.45, 2.75) is 51.2 Å². The van der Waals surface area contributed by atoms with Crippen molar-refractivity contribution < 1.29 is 9.84 Å². The Hall–Kier alpha value is -2.40. The highest BCUT2D eigenvalue weighted by Gasteiger charge is 2.33. The van der Waals surface area contributed by atoms with Crippen LogP contribution in [0, 0.1) is 5.92 Å². The fourth-order valence-electron chi connectivity index (χ4n) is 5.34. The summed E-state index contributed by atoms with van der Waals surface area (Å²) in [5.41, 5.74) is 5.03. The first-order chi connectivity index (χ1) is 16.6. The molecule has 0 bridgehead atoms. The predicted octanol–water partition coefficient (Wildman–Crippen LogP) is 6.26. The summed E-state index contributed by atoms with van der Waals surface area (Å²) in [5, 5.41) is 11.9. The summed E-state index contributed by atoms with van der Waals surface area (Å²) in [6.07, 6.45) is 13.3. The minimum Gasteiger partial charge on any atom is -0.487 e. The summed E-state index contributed by atoms with van der Waals surface area (Å²) in [5.74, 6) is 1.55. The summed E-state index contributed by atoms with van der Waals surface area (Å²) >= 11 is 6.03. The van der Waals surface area contributed by atoms with E-state index in [0.29, 0.717) is 17.5 Å². The molecule has 1 unspecified atom stereocenters. The van der Waals surface area contributed by atoms with E-state index in [4.69, 9.17) is 16.3 Å². The van der Waals surface area contributed by atoms with E-state index in [1.54, 1.807) is 0 Å². The van der Waals surface area contributed by atoms with Gasteiger partial charge in [0.2, 0.25) is 0 Å². The highest BCUT2D eigenvalue weighted by Crippen LogP contribution is 2.40. The Labute approximate surface area is 207 Å². The number of pyridine rings is 1. The molecule has 1 aliphatic carbocycles. The van der Waals surface area contributed by atoms with Crippen molar-refractivity contribution in [3.05, 3.63) is 94.0 Å². The molecular weight excluding hydrogens is 444 g/mol. The second-order valence-electron chi connectivity index (χ2n) is 9.65. The lowest BCUT2D eigenvalue weighted by Crippen LogP contribution is -2.42. The van der Waals surface area contributed by atoms with Crippen LogP contribution in [0.3, 0.4) is 0 Å². The molecule has 3 aliphatic rings. The van der Waals surface area contributed by atoms with Crippen LogP contribution in [-0.2, 0) is 16.9 Å². The Bertz CT molecular complexity index is 1110. The lowest BCUT2D eigenvalue weighted by molar-refractivity contribution is -0.0254. The third-order valence-corrected chi connectivity index (χ3v) is 7.79. The number of fused-ring (bicyclic) bond motifs is 1. The maximum Gasteiger partial charge on any atom is 0.131 e. The average Bonchev–Trinajstić information content (AvgIpc) is 3.02. The number of halogens is 1. The van der Waals surface area contributed by atoms with Gasteiger partial charge in [-0.25, -0.2) is 0 Å². The van der Waals surface area contributed by atoms with Gasteiger partial charge in [0.15, 0.2) is 0 Å². The van der Waals surface area contributed by atoms with Crippen LogP contribution in [0.15, 0.2) is 72.2 Å². The molecule has 0 amide bonds. The molecule has 5 heteroatoms. The van der Waals surface area contributed by atoms with Gasteiger partial charge in [0.05, 0.1) is 11.3 Å². The number of aliphatic hydroxyl groups is 1. The van der Waals surface area contributed by atoms with Gasteiger partial charge >= 0.3 is 0 Å². The van der Waals surface area contributed by atoms with Crippen LogP contribution in [0.5, 0.6) is 0 Å². The van der Waals surface area contributed by atoms with Gasteiger partial charge in [0.25, 0.3) is 0 Å². The first-order valence-corrected chi connectivity index (χ1v) is 12.8. The molecule has 5 rings (SSSR count). The quantitative estimate of drug-likeness (QED) is 0.553. The number of ether oxygens (including phenoxy) is 1. The standard InChI is InChI=1S/C29H33ClN2O2/c1-2-21-7-12-28-26(19-21)24(25-5-3-15-31-27(25)20-34-28)6-4-16-32-17-13-29(33,14-18-32)22-8-10-23(30)11-9-22/h3,5-12,15,21,33H,2,4,13-14,16-20H2,1H3/b24-6+. The smallest absolute Gasteiger partial charge is 0.131 e. The van der Waals surface area contributed by atoms with E-state index in [1.165, 1.54) is 16.7 Å². The van der Waals surface area contributed by atoms with Crippen molar-refractivity contribution >= 4 is 17.2 Å². The van der Waals surface area contributed by atoms with E-state index in [9.17, 15) is 5.11 Å².